The summed E-state index contributed by atoms with van der Waals surface area (Å²) in [6, 6.07) is 0.744. The van der Waals surface area contributed by atoms with Crippen molar-refractivity contribution in [1.82, 2.24) is 10.2 Å². The highest BCUT2D eigenvalue weighted by molar-refractivity contribution is 4.79. The Hall–Kier alpha value is -0.0800. The van der Waals surface area contributed by atoms with Crippen LogP contribution in [-0.2, 0) is 0 Å². The van der Waals surface area contributed by atoms with Crippen LogP contribution in [0, 0.1) is 5.92 Å². The third-order valence-electron chi connectivity index (χ3n) is 2.30. The van der Waals surface area contributed by atoms with Crippen LogP contribution < -0.4 is 5.32 Å². The fourth-order valence-electron chi connectivity index (χ4n) is 1.75. The molecule has 0 aliphatic carbocycles. The van der Waals surface area contributed by atoms with Gasteiger partial charge in [0.2, 0.25) is 0 Å². The summed E-state index contributed by atoms with van der Waals surface area (Å²) in [7, 11) is 2.06. The van der Waals surface area contributed by atoms with Crippen molar-refractivity contribution in [3.63, 3.8) is 0 Å². The van der Waals surface area contributed by atoms with Gasteiger partial charge in [0.15, 0.2) is 0 Å². The zero-order chi connectivity index (χ0) is 8.27. The minimum Gasteiger partial charge on any atom is -0.316 e. The minimum atomic E-state index is 0.744. The lowest BCUT2D eigenvalue weighted by atomic mass is 10.2. The smallest absolute Gasteiger partial charge is 0.0204 e. The highest BCUT2D eigenvalue weighted by atomic mass is 15.2. The summed E-state index contributed by atoms with van der Waals surface area (Å²) in [6.45, 7) is 8.36. The van der Waals surface area contributed by atoms with Gasteiger partial charge in [0.25, 0.3) is 0 Å². The molecule has 0 saturated carbocycles. The maximum Gasteiger partial charge on any atom is 0.0204 e. The molecule has 0 radical (unpaired) electrons. The van der Waals surface area contributed by atoms with Crippen LogP contribution >= 0.6 is 0 Å². The molecule has 1 fully saturated rings. The van der Waals surface area contributed by atoms with E-state index in [0.29, 0.717) is 0 Å². The molecule has 1 aliphatic heterocycles. The molecule has 11 heavy (non-hydrogen) atoms. The van der Waals surface area contributed by atoms with Crippen LogP contribution in [0.3, 0.4) is 0 Å². The summed E-state index contributed by atoms with van der Waals surface area (Å²) >= 11 is 0. The molecule has 1 unspecified atom stereocenters. The van der Waals surface area contributed by atoms with Crippen LogP contribution in [0.4, 0.5) is 0 Å². The molecule has 0 spiro atoms. The summed E-state index contributed by atoms with van der Waals surface area (Å²) in [5.41, 5.74) is 0. The zero-order valence-corrected chi connectivity index (χ0v) is 7.93. The first-order valence-corrected chi connectivity index (χ1v) is 4.62. The molecule has 1 N–H and O–H groups in total. The number of rotatable bonds is 3. The molecular weight excluding hydrogens is 136 g/mol. The Bertz CT molecular complexity index is 112. The molecular formula is C9H20N2. The van der Waals surface area contributed by atoms with E-state index in [1.54, 1.807) is 0 Å². The van der Waals surface area contributed by atoms with Gasteiger partial charge in [-0.1, -0.05) is 13.8 Å². The first-order chi connectivity index (χ1) is 5.22. The molecule has 0 bridgehead atoms. The monoisotopic (exact) mass is 156 g/mol. The van der Waals surface area contributed by atoms with Gasteiger partial charge in [0.1, 0.15) is 0 Å². The van der Waals surface area contributed by atoms with Crippen LogP contribution in [0.25, 0.3) is 0 Å². The number of likely N-dealkylation sites (N-methyl/N-ethyl adjacent to an activating group) is 1. The van der Waals surface area contributed by atoms with Crippen molar-refractivity contribution < 1.29 is 0 Å². The van der Waals surface area contributed by atoms with Crippen LogP contribution in [-0.4, -0.2) is 37.6 Å². The van der Waals surface area contributed by atoms with Crippen molar-refractivity contribution in [1.29, 1.82) is 0 Å². The summed E-state index contributed by atoms with van der Waals surface area (Å²) < 4.78 is 0. The predicted molar refractivity (Wildman–Crippen MR) is 48.7 cm³/mol. The van der Waals surface area contributed by atoms with Crippen molar-refractivity contribution >= 4 is 0 Å². The van der Waals surface area contributed by atoms with Crippen LogP contribution in [0.15, 0.2) is 0 Å². The molecule has 1 rings (SSSR count). The van der Waals surface area contributed by atoms with Gasteiger partial charge in [0, 0.05) is 19.1 Å². The molecule has 0 aromatic heterocycles. The summed E-state index contributed by atoms with van der Waals surface area (Å²) in [4.78, 5) is 2.55. The van der Waals surface area contributed by atoms with Gasteiger partial charge in [0.05, 0.1) is 0 Å². The largest absolute Gasteiger partial charge is 0.316 e. The van der Waals surface area contributed by atoms with Crippen molar-refractivity contribution in [3.05, 3.63) is 0 Å². The second-order valence-electron chi connectivity index (χ2n) is 3.93. The van der Waals surface area contributed by atoms with E-state index < -0.39 is 0 Å². The van der Waals surface area contributed by atoms with Crippen LogP contribution in [0.2, 0.25) is 0 Å². The van der Waals surface area contributed by atoms with Gasteiger partial charge >= 0.3 is 0 Å². The Kier molecular flexibility index (Phi) is 3.34. The van der Waals surface area contributed by atoms with Crippen molar-refractivity contribution in [2.45, 2.75) is 26.3 Å². The lowest BCUT2D eigenvalue weighted by molar-refractivity contribution is 0.292. The fraction of sp³-hybridized carbons (Fsp3) is 1.00. The second kappa shape index (κ2) is 4.07. The number of hydrogen-bond acceptors (Lipinski definition) is 2. The molecule has 1 heterocycles. The van der Waals surface area contributed by atoms with E-state index in [1.807, 2.05) is 0 Å². The van der Waals surface area contributed by atoms with Gasteiger partial charge in [-0.15, -0.1) is 0 Å². The van der Waals surface area contributed by atoms with E-state index in [1.165, 1.54) is 26.1 Å². The van der Waals surface area contributed by atoms with E-state index in [0.717, 1.165) is 12.0 Å². The van der Waals surface area contributed by atoms with E-state index >= 15 is 0 Å². The van der Waals surface area contributed by atoms with Gasteiger partial charge in [-0.3, -0.25) is 0 Å². The van der Waals surface area contributed by atoms with Crippen molar-refractivity contribution in [2.75, 3.05) is 26.7 Å². The number of nitrogens with zero attached hydrogens (tertiary/aromatic N) is 1. The average molecular weight is 156 g/mol. The minimum absolute atomic E-state index is 0.744. The molecule has 1 aliphatic rings. The number of likely N-dealkylation sites (tertiary alicyclic amines) is 1. The molecule has 2 heteroatoms. The Morgan fingerprint density at radius 2 is 2.27 bits per heavy atom. The first kappa shape index (κ1) is 9.01. The van der Waals surface area contributed by atoms with Crippen molar-refractivity contribution in [3.8, 4) is 0 Å². The number of nitrogens with one attached hydrogen (secondary N) is 1. The SMILES string of the molecule is CNC1CCN(CC(C)C)C1. The van der Waals surface area contributed by atoms with E-state index in [4.69, 9.17) is 0 Å². The van der Waals surface area contributed by atoms with E-state index in [-0.39, 0.29) is 0 Å². The Labute approximate surface area is 70.0 Å². The normalized spacial score (nSPS) is 26.7. The van der Waals surface area contributed by atoms with Crippen molar-refractivity contribution in [2.24, 2.45) is 5.92 Å². The highest BCUT2D eigenvalue weighted by Gasteiger charge is 2.20. The third-order valence-corrected chi connectivity index (χ3v) is 2.30. The van der Waals surface area contributed by atoms with Crippen LogP contribution in [0.5, 0.6) is 0 Å². The third kappa shape index (κ3) is 2.80. The summed E-state index contributed by atoms with van der Waals surface area (Å²) in [5.74, 6) is 0.811. The number of hydrogen-bond donors (Lipinski definition) is 1. The standard InChI is InChI=1S/C9H20N2/c1-8(2)6-11-5-4-9(7-11)10-3/h8-10H,4-7H2,1-3H3. The lowest BCUT2D eigenvalue weighted by Crippen LogP contribution is -2.31. The molecule has 0 aromatic rings. The maximum atomic E-state index is 3.33. The topological polar surface area (TPSA) is 15.3 Å². The average Bonchev–Trinajstić information content (AvgIpc) is 2.34. The second-order valence-corrected chi connectivity index (χ2v) is 3.93. The Morgan fingerprint density at radius 3 is 2.73 bits per heavy atom. The van der Waals surface area contributed by atoms with E-state index in [9.17, 15) is 0 Å². The van der Waals surface area contributed by atoms with Crippen LogP contribution in [0.1, 0.15) is 20.3 Å². The lowest BCUT2D eigenvalue weighted by Gasteiger charge is -2.17. The predicted octanol–water partition coefficient (Wildman–Crippen LogP) is 0.936. The Balaban J connectivity index is 2.19. The van der Waals surface area contributed by atoms with E-state index in [2.05, 4.69) is 31.1 Å². The molecule has 1 atom stereocenters. The molecule has 0 aromatic carbocycles. The van der Waals surface area contributed by atoms with Gasteiger partial charge in [-0.25, -0.2) is 0 Å². The Morgan fingerprint density at radius 1 is 1.55 bits per heavy atom. The molecule has 66 valence electrons. The summed E-state index contributed by atoms with van der Waals surface area (Å²) in [6.07, 6.45) is 1.32. The first-order valence-electron chi connectivity index (χ1n) is 4.62. The summed E-state index contributed by atoms with van der Waals surface area (Å²) in [5, 5.41) is 3.33. The zero-order valence-electron chi connectivity index (χ0n) is 7.93. The maximum absolute atomic E-state index is 3.33. The fourth-order valence-corrected chi connectivity index (χ4v) is 1.75. The highest BCUT2D eigenvalue weighted by Crippen LogP contribution is 2.10. The van der Waals surface area contributed by atoms with Gasteiger partial charge in [-0.05, 0) is 25.9 Å². The quantitative estimate of drug-likeness (QED) is 0.654. The van der Waals surface area contributed by atoms with Gasteiger partial charge < -0.3 is 10.2 Å². The molecule has 0 amide bonds. The van der Waals surface area contributed by atoms with Gasteiger partial charge in [-0.2, -0.15) is 0 Å². The molecule has 1 saturated heterocycles. The molecule has 2 nitrogen and oxygen atoms in total.